The molecular formula is C11H12N2O3. The van der Waals surface area contributed by atoms with Gasteiger partial charge in [0.1, 0.15) is 12.0 Å². The van der Waals surface area contributed by atoms with E-state index in [-0.39, 0.29) is 5.69 Å². The van der Waals surface area contributed by atoms with Crippen molar-refractivity contribution in [2.45, 2.75) is 6.42 Å². The third-order valence-corrected chi connectivity index (χ3v) is 2.03. The van der Waals surface area contributed by atoms with E-state index in [1.165, 1.54) is 6.07 Å². The molecule has 1 N–H and O–H groups in total. The van der Waals surface area contributed by atoms with Crippen molar-refractivity contribution < 1.29 is 9.72 Å². The fourth-order valence-electron chi connectivity index (χ4n) is 1.27. The number of benzene rings is 1. The van der Waals surface area contributed by atoms with Gasteiger partial charge in [0.25, 0.3) is 5.69 Å². The number of nitrogens with one attached hydrogen (secondary N) is 1. The molecule has 0 fully saturated rings. The minimum absolute atomic E-state index is 0.0238. The zero-order valence-corrected chi connectivity index (χ0v) is 8.84. The molecule has 0 heterocycles. The predicted octanol–water partition coefficient (Wildman–Crippen LogP) is 2.24. The molecule has 0 spiro atoms. The van der Waals surface area contributed by atoms with Crippen LogP contribution in [0.25, 0.3) is 6.08 Å². The lowest BCUT2D eigenvalue weighted by Gasteiger charge is -2.02. The molecule has 1 rings (SSSR count). The highest BCUT2D eigenvalue weighted by atomic mass is 16.6. The van der Waals surface area contributed by atoms with Gasteiger partial charge in [-0.25, -0.2) is 0 Å². The molecule has 5 nitrogen and oxygen atoms in total. The van der Waals surface area contributed by atoms with Crippen molar-refractivity contribution >= 4 is 23.7 Å². The standard InChI is InChI=1S/C11H12N2O3/c1-12-10-6-5-9(4-2-3-7-14)8-11(10)13(15)16/h2,4-8,12H,3H2,1H3. The second-order valence-corrected chi connectivity index (χ2v) is 3.09. The maximum atomic E-state index is 10.7. The first-order chi connectivity index (χ1) is 7.69. The molecule has 0 aliphatic rings. The van der Waals surface area contributed by atoms with E-state index in [0.717, 1.165) is 6.29 Å². The Morgan fingerprint density at radius 2 is 2.25 bits per heavy atom. The normalized spacial score (nSPS) is 10.3. The van der Waals surface area contributed by atoms with Crippen LogP contribution in [0.4, 0.5) is 11.4 Å². The molecule has 0 atom stereocenters. The maximum absolute atomic E-state index is 10.7. The first-order valence-electron chi connectivity index (χ1n) is 4.75. The van der Waals surface area contributed by atoms with E-state index in [0.29, 0.717) is 17.7 Å². The summed E-state index contributed by atoms with van der Waals surface area (Å²) in [6.45, 7) is 0. The number of nitrogens with zero attached hydrogens (tertiary/aromatic N) is 1. The van der Waals surface area contributed by atoms with Crippen LogP contribution in [-0.4, -0.2) is 18.3 Å². The second kappa shape index (κ2) is 5.65. The van der Waals surface area contributed by atoms with Crippen molar-refractivity contribution in [3.8, 4) is 0 Å². The molecule has 5 heteroatoms. The third kappa shape index (κ3) is 2.91. The second-order valence-electron chi connectivity index (χ2n) is 3.09. The summed E-state index contributed by atoms with van der Waals surface area (Å²) in [7, 11) is 1.63. The van der Waals surface area contributed by atoms with Gasteiger partial charge in [-0.2, -0.15) is 0 Å². The van der Waals surface area contributed by atoms with E-state index >= 15 is 0 Å². The van der Waals surface area contributed by atoms with Crippen LogP contribution in [-0.2, 0) is 4.79 Å². The molecule has 84 valence electrons. The fourth-order valence-corrected chi connectivity index (χ4v) is 1.27. The number of nitro groups is 1. The van der Waals surface area contributed by atoms with Crippen LogP contribution in [0.3, 0.4) is 0 Å². The summed E-state index contributed by atoms with van der Waals surface area (Å²) in [6.07, 6.45) is 4.42. The molecule has 0 aromatic heterocycles. The Kier molecular flexibility index (Phi) is 4.20. The van der Waals surface area contributed by atoms with Gasteiger partial charge in [-0.1, -0.05) is 18.2 Å². The third-order valence-electron chi connectivity index (χ3n) is 2.03. The Hall–Kier alpha value is -2.17. The average Bonchev–Trinajstić information content (AvgIpc) is 2.29. The molecule has 0 bridgehead atoms. The first kappa shape index (κ1) is 11.9. The molecule has 0 aliphatic heterocycles. The molecule has 0 amide bonds. The van der Waals surface area contributed by atoms with Gasteiger partial charge in [0.2, 0.25) is 0 Å². The predicted molar refractivity (Wildman–Crippen MR) is 62.4 cm³/mol. The minimum Gasteiger partial charge on any atom is -0.383 e. The largest absolute Gasteiger partial charge is 0.383 e. The number of allylic oxidation sites excluding steroid dienone is 1. The number of carbonyl (C=O) groups is 1. The molecule has 1 aromatic rings. The van der Waals surface area contributed by atoms with Crippen LogP contribution in [0.5, 0.6) is 0 Å². The van der Waals surface area contributed by atoms with Gasteiger partial charge >= 0.3 is 0 Å². The Labute approximate surface area is 92.9 Å². The highest BCUT2D eigenvalue weighted by Crippen LogP contribution is 2.25. The van der Waals surface area contributed by atoms with Gasteiger partial charge in [0.05, 0.1) is 4.92 Å². The quantitative estimate of drug-likeness (QED) is 0.469. The van der Waals surface area contributed by atoms with Crippen LogP contribution >= 0.6 is 0 Å². The molecule has 1 aromatic carbocycles. The van der Waals surface area contributed by atoms with Crippen molar-refractivity contribution in [2.24, 2.45) is 0 Å². The number of rotatable bonds is 5. The summed E-state index contributed by atoms with van der Waals surface area (Å²) in [5.41, 5.74) is 1.20. The first-order valence-corrected chi connectivity index (χ1v) is 4.75. The van der Waals surface area contributed by atoms with Crippen molar-refractivity contribution in [1.82, 2.24) is 0 Å². The van der Waals surface area contributed by atoms with Crippen LogP contribution < -0.4 is 5.32 Å². The van der Waals surface area contributed by atoms with E-state index in [9.17, 15) is 14.9 Å². The molecule has 0 unspecified atom stereocenters. The number of hydrogen-bond donors (Lipinski definition) is 1. The van der Waals surface area contributed by atoms with Crippen LogP contribution in [0.15, 0.2) is 24.3 Å². The van der Waals surface area contributed by atoms with E-state index < -0.39 is 4.92 Å². The zero-order valence-electron chi connectivity index (χ0n) is 8.84. The summed E-state index contributed by atoms with van der Waals surface area (Å²) in [5.74, 6) is 0. The van der Waals surface area contributed by atoms with Crippen molar-refractivity contribution in [2.75, 3.05) is 12.4 Å². The van der Waals surface area contributed by atoms with Gasteiger partial charge in [-0.3, -0.25) is 10.1 Å². The van der Waals surface area contributed by atoms with E-state index in [1.54, 1.807) is 31.3 Å². The number of hydrogen-bond acceptors (Lipinski definition) is 4. The highest BCUT2D eigenvalue weighted by molar-refractivity contribution is 5.67. The van der Waals surface area contributed by atoms with E-state index in [4.69, 9.17) is 0 Å². The fraction of sp³-hybridized carbons (Fsp3) is 0.182. The molecule has 0 saturated heterocycles. The molecular weight excluding hydrogens is 208 g/mol. The van der Waals surface area contributed by atoms with E-state index in [1.807, 2.05) is 0 Å². The van der Waals surface area contributed by atoms with Gasteiger partial charge in [-0.05, 0) is 11.6 Å². The lowest BCUT2D eigenvalue weighted by atomic mass is 10.1. The topological polar surface area (TPSA) is 72.2 Å². The van der Waals surface area contributed by atoms with E-state index in [2.05, 4.69) is 5.32 Å². The van der Waals surface area contributed by atoms with Gasteiger partial charge in [0.15, 0.2) is 0 Å². The highest BCUT2D eigenvalue weighted by Gasteiger charge is 2.12. The molecule has 0 radical (unpaired) electrons. The lowest BCUT2D eigenvalue weighted by Crippen LogP contribution is -1.96. The summed E-state index contributed by atoms with van der Waals surface area (Å²) in [6, 6.07) is 4.85. The summed E-state index contributed by atoms with van der Waals surface area (Å²) >= 11 is 0. The van der Waals surface area contributed by atoms with Crippen molar-refractivity contribution in [3.63, 3.8) is 0 Å². The van der Waals surface area contributed by atoms with Gasteiger partial charge in [0, 0.05) is 19.5 Å². The number of nitro benzene ring substituents is 1. The lowest BCUT2D eigenvalue weighted by molar-refractivity contribution is -0.383. The summed E-state index contributed by atoms with van der Waals surface area (Å²) in [5, 5.41) is 13.5. The van der Waals surface area contributed by atoms with Gasteiger partial charge in [-0.15, -0.1) is 0 Å². The zero-order chi connectivity index (χ0) is 12.0. The van der Waals surface area contributed by atoms with Crippen LogP contribution in [0.2, 0.25) is 0 Å². The molecule has 16 heavy (non-hydrogen) atoms. The molecule has 0 aliphatic carbocycles. The van der Waals surface area contributed by atoms with Crippen molar-refractivity contribution in [1.29, 1.82) is 0 Å². The van der Waals surface area contributed by atoms with Crippen LogP contribution in [0.1, 0.15) is 12.0 Å². The number of aldehydes is 1. The minimum atomic E-state index is -0.442. The summed E-state index contributed by atoms with van der Waals surface area (Å²) in [4.78, 5) is 20.4. The smallest absolute Gasteiger partial charge is 0.292 e. The van der Waals surface area contributed by atoms with Gasteiger partial charge < -0.3 is 10.1 Å². The summed E-state index contributed by atoms with van der Waals surface area (Å²) < 4.78 is 0. The van der Waals surface area contributed by atoms with Crippen LogP contribution in [0, 0.1) is 10.1 Å². The van der Waals surface area contributed by atoms with Crippen molar-refractivity contribution in [3.05, 3.63) is 40.0 Å². The SMILES string of the molecule is CNc1ccc(C=CCC=O)cc1[N+](=O)[O-]. The average molecular weight is 220 g/mol. The Balaban J connectivity index is 3.02. The Morgan fingerprint density at radius 3 is 2.81 bits per heavy atom. The number of anilines is 1. The monoisotopic (exact) mass is 220 g/mol. The maximum Gasteiger partial charge on any atom is 0.292 e. The molecule has 0 saturated carbocycles. The number of carbonyl (C=O) groups excluding carboxylic acids is 1. The Bertz CT molecular complexity index is 427. The Morgan fingerprint density at radius 1 is 1.50 bits per heavy atom.